The average Bonchev–Trinajstić information content (AvgIpc) is 3.15. The number of nitrogens with one attached hydrogen (secondary N) is 1. The molecule has 0 saturated carbocycles. The fraction of sp³-hybridized carbons (Fsp3) is 0.650. The third-order valence-electron chi connectivity index (χ3n) is 5.76. The molecule has 0 spiro atoms. The summed E-state index contributed by atoms with van der Waals surface area (Å²) in [5, 5.41) is 3.38. The van der Waals surface area contributed by atoms with Gasteiger partial charge < -0.3 is 19.7 Å². The highest BCUT2D eigenvalue weighted by molar-refractivity contribution is 5.73. The quantitative estimate of drug-likeness (QED) is 0.770. The van der Waals surface area contributed by atoms with Crippen LogP contribution >= 0.6 is 0 Å². The molecule has 156 valence electrons. The fourth-order valence-electron chi connectivity index (χ4n) is 4.25. The molecular formula is C20H27F3N2O3. The summed E-state index contributed by atoms with van der Waals surface area (Å²) in [5.41, 5.74) is 0.916. The van der Waals surface area contributed by atoms with Crippen molar-refractivity contribution < 1.29 is 27.4 Å². The summed E-state index contributed by atoms with van der Waals surface area (Å²) in [6, 6.07) is 4.25. The predicted octanol–water partition coefficient (Wildman–Crippen LogP) is 3.19. The topological polar surface area (TPSA) is 50.8 Å². The number of piperidine rings is 1. The number of benzene rings is 1. The number of ether oxygens (including phenoxy) is 2. The number of alkyl halides is 3. The number of carbonyl (C=O) groups excluding carboxylic acids is 1. The normalized spacial score (nSPS) is 23.8. The second kappa shape index (κ2) is 8.69. The van der Waals surface area contributed by atoms with Crippen LogP contribution in [0.25, 0.3) is 0 Å². The van der Waals surface area contributed by atoms with Crippen LogP contribution in [0.5, 0.6) is 0 Å². The number of rotatable bonds is 5. The van der Waals surface area contributed by atoms with Crippen molar-refractivity contribution >= 4 is 11.7 Å². The SMILES string of the molecule is COC[C@@H]1C[C@H](c2ccc(C(F)(F)F)cc2N2CCC(C(=O)OC)CC2)CN1. The van der Waals surface area contributed by atoms with Crippen molar-refractivity contribution in [2.45, 2.75) is 37.4 Å². The van der Waals surface area contributed by atoms with Gasteiger partial charge in [0, 0.05) is 38.5 Å². The summed E-state index contributed by atoms with van der Waals surface area (Å²) >= 11 is 0. The molecule has 0 aromatic heterocycles. The summed E-state index contributed by atoms with van der Waals surface area (Å²) in [6.07, 6.45) is -2.40. The van der Waals surface area contributed by atoms with E-state index in [4.69, 9.17) is 9.47 Å². The Morgan fingerprint density at radius 2 is 1.96 bits per heavy atom. The Morgan fingerprint density at radius 1 is 1.25 bits per heavy atom. The molecule has 3 rings (SSSR count). The smallest absolute Gasteiger partial charge is 0.416 e. The first-order chi connectivity index (χ1) is 13.3. The van der Waals surface area contributed by atoms with E-state index in [1.165, 1.54) is 19.2 Å². The Hall–Kier alpha value is -1.80. The average molecular weight is 400 g/mol. The molecule has 28 heavy (non-hydrogen) atoms. The van der Waals surface area contributed by atoms with Crippen molar-refractivity contribution in [3.8, 4) is 0 Å². The van der Waals surface area contributed by atoms with Crippen LogP contribution < -0.4 is 10.2 Å². The number of anilines is 1. The van der Waals surface area contributed by atoms with E-state index in [0.717, 1.165) is 12.0 Å². The molecule has 2 saturated heterocycles. The number of nitrogens with zero attached hydrogens (tertiary/aromatic N) is 1. The molecule has 1 aromatic rings. The first-order valence-corrected chi connectivity index (χ1v) is 9.59. The van der Waals surface area contributed by atoms with E-state index >= 15 is 0 Å². The van der Waals surface area contributed by atoms with Crippen LogP contribution in [-0.2, 0) is 20.4 Å². The lowest BCUT2D eigenvalue weighted by Gasteiger charge is -2.35. The van der Waals surface area contributed by atoms with E-state index in [-0.39, 0.29) is 23.8 Å². The van der Waals surface area contributed by atoms with Gasteiger partial charge in [-0.05, 0) is 42.9 Å². The van der Waals surface area contributed by atoms with E-state index < -0.39 is 11.7 Å². The van der Waals surface area contributed by atoms with E-state index in [0.29, 0.717) is 44.8 Å². The summed E-state index contributed by atoms with van der Waals surface area (Å²) < 4.78 is 49.9. The summed E-state index contributed by atoms with van der Waals surface area (Å²) in [5.74, 6) is -0.295. The maximum Gasteiger partial charge on any atom is 0.416 e. The first kappa shape index (κ1) is 20.9. The predicted molar refractivity (Wildman–Crippen MR) is 99.4 cm³/mol. The molecule has 0 amide bonds. The molecule has 2 heterocycles. The minimum Gasteiger partial charge on any atom is -0.469 e. The van der Waals surface area contributed by atoms with Crippen molar-refractivity contribution in [1.82, 2.24) is 5.32 Å². The lowest BCUT2D eigenvalue weighted by atomic mass is 9.91. The van der Waals surface area contributed by atoms with Crippen LogP contribution in [0.1, 0.15) is 36.3 Å². The van der Waals surface area contributed by atoms with Gasteiger partial charge in [-0.2, -0.15) is 13.2 Å². The van der Waals surface area contributed by atoms with Crippen LogP contribution in [0, 0.1) is 5.92 Å². The van der Waals surface area contributed by atoms with Crippen molar-refractivity contribution in [1.29, 1.82) is 0 Å². The van der Waals surface area contributed by atoms with Crippen molar-refractivity contribution in [2.24, 2.45) is 5.92 Å². The minimum atomic E-state index is -4.38. The van der Waals surface area contributed by atoms with Gasteiger partial charge in [0.15, 0.2) is 0 Å². The Labute approximate surface area is 163 Å². The second-order valence-corrected chi connectivity index (χ2v) is 7.55. The Bertz CT molecular complexity index is 688. The molecule has 5 nitrogen and oxygen atoms in total. The van der Waals surface area contributed by atoms with Gasteiger partial charge in [-0.15, -0.1) is 0 Å². The first-order valence-electron chi connectivity index (χ1n) is 9.59. The highest BCUT2D eigenvalue weighted by atomic mass is 19.4. The lowest BCUT2D eigenvalue weighted by Crippen LogP contribution is -2.37. The molecule has 2 atom stereocenters. The highest BCUT2D eigenvalue weighted by Gasteiger charge is 2.35. The van der Waals surface area contributed by atoms with E-state index in [1.54, 1.807) is 13.2 Å². The van der Waals surface area contributed by atoms with Gasteiger partial charge in [0.2, 0.25) is 0 Å². The molecule has 0 radical (unpaired) electrons. The molecule has 8 heteroatoms. The minimum absolute atomic E-state index is 0.135. The van der Waals surface area contributed by atoms with Crippen LogP contribution in [-0.4, -0.2) is 52.5 Å². The largest absolute Gasteiger partial charge is 0.469 e. The van der Waals surface area contributed by atoms with Crippen molar-refractivity contribution in [3.63, 3.8) is 0 Å². The molecule has 0 unspecified atom stereocenters. The van der Waals surface area contributed by atoms with Crippen molar-refractivity contribution in [3.05, 3.63) is 29.3 Å². The standard InChI is InChI=1S/C20H27F3N2O3/c1-27-12-16-9-14(11-24-16)17-4-3-15(20(21,22)23)10-18(17)25-7-5-13(6-8-25)19(26)28-2/h3-4,10,13-14,16,24H,5-9,11-12H2,1-2H3/t14-,16-/m0/s1. The Kier molecular flexibility index (Phi) is 6.50. The van der Waals surface area contributed by atoms with Crippen LogP contribution in [0.4, 0.5) is 18.9 Å². The molecule has 2 aliphatic rings. The summed E-state index contributed by atoms with van der Waals surface area (Å²) in [4.78, 5) is 13.7. The number of methoxy groups -OCH3 is 2. The van der Waals surface area contributed by atoms with Crippen molar-refractivity contribution in [2.75, 3.05) is 45.4 Å². The summed E-state index contributed by atoms with van der Waals surface area (Å²) in [6.45, 7) is 2.37. The highest BCUT2D eigenvalue weighted by Crippen LogP contribution is 2.39. The number of hydrogen-bond donors (Lipinski definition) is 1. The van der Waals surface area contributed by atoms with Gasteiger partial charge in [-0.3, -0.25) is 4.79 Å². The van der Waals surface area contributed by atoms with E-state index in [9.17, 15) is 18.0 Å². The molecule has 0 aliphatic carbocycles. The maximum absolute atomic E-state index is 13.3. The Balaban J connectivity index is 1.84. The van der Waals surface area contributed by atoms with Crippen LogP contribution in [0.15, 0.2) is 18.2 Å². The molecule has 1 N–H and O–H groups in total. The van der Waals surface area contributed by atoms with E-state index in [1.807, 2.05) is 4.90 Å². The third-order valence-corrected chi connectivity index (χ3v) is 5.76. The molecule has 0 bridgehead atoms. The molecular weight excluding hydrogens is 373 g/mol. The fourth-order valence-corrected chi connectivity index (χ4v) is 4.25. The Morgan fingerprint density at radius 3 is 2.57 bits per heavy atom. The maximum atomic E-state index is 13.3. The monoisotopic (exact) mass is 400 g/mol. The molecule has 2 fully saturated rings. The number of halogens is 3. The van der Waals surface area contributed by atoms with Gasteiger partial charge >= 0.3 is 12.1 Å². The van der Waals surface area contributed by atoms with Gasteiger partial charge in [0.25, 0.3) is 0 Å². The zero-order valence-electron chi connectivity index (χ0n) is 16.2. The number of hydrogen-bond acceptors (Lipinski definition) is 5. The summed E-state index contributed by atoms with van der Waals surface area (Å²) in [7, 11) is 3.01. The number of esters is 1. The van der Waals surface area contributed by atoms with Crippen LogP contribution in [0.3, 0.4) is 0 Å². The van der Waals surface area contributed by atoms with Gasteiger partial charge in [-0.25, -0.2) is 0 Å². The van der Waals surface area contributed by atoms with Gasteiger partial charge in [0.05, 0.1) is 25.2 Å². The van der Waals surface area contributed by atoms with Gasteiger partial charge in [0.1, 0.15) is 0 Å². The second-order valence-electron chi connectivity index (χ2n) is 7.55. The number of carbonyl (C=O) groups is 1. The molecule has 1 aromatic carbocycles. The molecule has 2 aliphatic heterocycles. The van der Waals surface area contributed by atoms with E-state index in [2.05, 4.69) is 5.32 Å². The lowest BCUT2D eigenvalue weighted by molar-refractivity contribution is -0.146. The zero-order chi connectivity index (χ0) is 20.3. The zero-order valence-corrected chi connectivity index (χ0v) is 16.2. The van der Waals surface area contributed by atoms with Gasteiger partial charge in [-0.1, -0.05) is 6.07 Å². The third kappa shape index (κ3) is 4.60. The van der Waals surface area contributed by atoms with Crippen LogP contribution in [0.2, 0.25) is 0 Å².